The van der Waals surface area contributed by atoms with Crippen LogP contribution in [0, 0.1) is 5.92 Å². The predicted octanol–water partition coefficient (Wildman–Crippen LogP) is 8.23. The molecule has 0 spiro atoms. The van der Waals surface area contributed by atoms with Crippen LogP contribution in [0.2, 0.25) is 0 Å². The number of unbranched alkanes of at least 4 members (excludes halogenated alkanes) is 5. The van der Waals surface area contributed by atoms with Gasteiger partial charge in [0.25, 0.3) is 0 Å². The second-order valence-corrected chi connectivity index (χ2v) is 8.54. The molecule has 1 aromatic rings. The molecule has 0 aromatic heterocycles. The third-order valence-electron chi connectivity index (χ3n) is 6.22. The zero-order chi connectivity index (χ0) is 19.3. The van der Waals surface area contributed by atoms with Crippen LogP contribution in [0.25, 0.3) is 0 Å². The highest BCUT2D eigenvalue weighted by Crippen LogP contribution is 2.38. The van der Waals surface area contributed by atoms with Crippen LogP contribution < -0.4 is 4.74 Å². The molecule has 0 bridgehead atoms. The predicted molar refractivity (Wildman–Crippen MR) is 114 cm³/mol. The number of rotatable bonds is 13. The average molecular weight is 377 g/mol. The van der Waals surface area contributed by atoms with E-state index in [-0.39, 0.29) is 6.61 Å². The quantitative estimate of drug-likeness (QED) is 0.315. The molecule has 0 heterocycles. The van der Waals surface area contributed by atoms with Gasteiger partial charge in [-0.25, -0.2) is 4.39 Å². The van der Waals surface area contributed by atoms with Crippen molar-refractivity contribution in [2.45, 2.75) is 109 Å². The molecule has 2 heteroatoms. The summed E-state index contributed by atoms with van der Waals surface area (Å²) in [5, 5.41) is 0. The first-order chi connectivity index (χ1) is 13.2. The van der Waals surface area contributed by atoms with Crippen molar-refractivity contribution < 1.29 is 9.13 Å². The second kappa shape index (κ2) is 13.2. The van der Waals surface area contributed by atoms with Crippen molar-refractivity contribution in [3.05, 3.63) is 29.8 Å². The number of hydrogen-bond donors (Lipinski definition) is 0. The summed E-state index contributed by atoms with van der Waals surface area (Å²) in [4.78, 5) is 0. The van der Waals surface area contributed by atoms with E-state index < -0.39 is 6.17 Å². The molecule has 1 unspecified atom stereocenters. The Morgan fingerprint density at radius 1 is 0.889 bits per heavy atom. The van der Waals surface area contributed by atoms with Gasteiger partial charge in [-0.05, 0) is 61.6 Å². The number of hydrogen-bond acceptors (Lipinski definition) is 1. The van der Waals surface area contributed by atoms with Crippen molar-refractivity contribution in [3.8, 4) is 5.75 Å². The normalized spacial score (nSPS) is 21.1. The summed E-state index contributed by atoms with van der Waals surface area (Å²) in [5.74, 6) is 2.46. The van der Waals surface area contributed by atoms with Crippen LogP contribution in [0.5, 0.6) is 5.75 Å². The fraction of sp³-hybridized carbons (Fsp3) is 0.760. The Labute approximate surface area is 167 Å². The minimum Gasteiger partial charge on any atom is -0.491 e. The third kappa shape index (κ3) is 8.66. The molecule has 1 aliphatic rings. The van der Waals surface area contributed by atoms with Gasteiger partial charge in [0.1, 0.15) is 18.5 Å². The zero-order valence-corrected chi connectivity index (χ0v) is 17.7. The van der Waals surface area contributed by atoms with Gasteiger partial charge in [0.2, 0.25) is 0 Å². The molecule has 0 saturated heterocycles. The van der Waals surface area contributed by atoms with Crippen LogP contribution in [0.15, 0.2) is 24.3 Å². The highest BCUT2D eigenvalue weighted by atomic mass is 19.1. The van der Waals surface area contributed by atoms with E-state index in [1.807, 2.05) is 12.1 Å². The van der Waals surface area contributed by atoms with Gasteiger partial charge < -0.3 is 4.74 Å². The Morgan fingerprint density at radius 2 is 1.56 bits per heavy atom. The summed E-state index contributed by atoms with van der Waals surface area (Å²) in [6, 6.07) is 8.47. The van der Waals surface area contributed by atoms with Gasteiger partial charge in [0.05, 0.1) is 0 Å². The largest absolute Gasteiger partial charge is 0.491 e. The van der Waals surface area contributed by atoms with Crippen molar-refractivity contribution in [3.63, 3.8) is 0 Å². The second-order valence-electron chi connectivity index (χ2n) is 8.54. The highest BCUT2D eigenvalue weighted by Gasteiger charge is 2.22. The van der Waals surface area contributed by atoms with Crippen molar-refractivity contribution in [1.29, 1.82) is 0 Å². The van der Waals surface area contributed by atoms with Gasteiger partial charge >= 0.3 is 0 Å². The van der Waals surface area contributed by atoms with Gasteiger partial charge in [-0.15, -0.1) is 0 Å². The van der Waals surface area contributed by atoms with Gasteiger partial charge in [-0.1, -0.05) is 77.3 Å². The molecule has 1 saturated carbocycles. The van der Waals surface area contributed by atoms with Crippen LogP contribution >= 0.6 is 0 Å². The van der Waals surface area contributed by atoms with Gasteiger partial charge in [-0.2, -0.15) is 0 Å². The highest BCUT2D eigenvalue weighted by molar-refractivity contribution is 5.29. The lowest BCUT2D eigenvalue weighted by atomic mass is 9.77. The van der Waals surface area contributed by atoms with E-state index in [1.165, 1.54) is 69.8 Å². The van der Waals surface area contributed by atoms with Gasteiger partial charge in [0, 0.05) is 0 Å². The molecular formula is C25H41FO. The lowest BCUT2D eigenvalue weighted by molar-refractivity contribution is 0.184. The summed E-state index contributed by atoms with van der Waals surface area (Å²) >= 11 is 0. The Kier molecular flexibility index (Phi) is 10.9. The standard InChI is InChI=1S/C25H41FO/c1-3-5-7-9-11-24(26)20-27-25-18-16-23(17-19-25)22-14-12-21(13-15-22)10-8-6-4-2/h16-19,21-22,24H,3-15,20H2,1-2H3. The molecule has 154 valence electrons. The molecule has 1 nitrogen and oxygen atoms in total. The lowest BCUT2D eigenvalue weighted by Crippen LogP contribution is -2.14. The molecule has 0 aliphatic heterocycles. The van der Waals surface area contributed by atoms with Crippen molar-refractivity contribution >= 4 is 0 Å². The van der Waals surface area contributed by atoms with Gasteiger partial charge in [0.15, 0.2) is 0 Å². The maximum atomic E-state index is 13.9. The summed E-state index contributed by atoms with van der Waals surface area (Å²) in [7, 11) is 0. The zero-order valence-electron chi connectivity index (χ0n) is 17.7. The molecule has 1 atom stereocenters. The number of benzene rings is 1. The molecule has 27 heavy (non-hydrogen) atoms. The maximum absolute atomic E-state index is 13.9. The summed E-state index contributed by atoms with van der Waals surface area (Å²) < 4.78 is 19.6. The first-order valence-electron chi connectivity index (χ1n) is 11.6. The van der Waals surface area contributed by atoms with Crippen molar-refractivity contribution in [2.24, 2.45) is 5.92 Å². The Hall–Kier alpha value is -1.05. The minimum absolute atomic E-state index is 0.189. The van der Waals surface area contributed by atoms with Crippen molar-refractivity contribution in [2.75, 3.05) is 6.61 Å². The fourth-order valence-electron chi connectivity index (χ4n) is 4.37. The first kappa shape index (κ1) is 22.2. The fourth-order valence-corrected chi connectivity index (χ4v) is 4.37. The van der Waals surface area contributed by atoms with Crippen molar-refractivity contribution in [1.82, 2.24) is 0 Å². The van der Waals surface area contributed by atoms with E-state index in [4.69, 9.17) is 4.74 Å². The topological polar surface area (TPSA) is 9.23 Å². The van der Waals surface area contributed by atoms with Crippen LogP contribution in [0.3, 0.4) is 0 Å². The third-order valence-corrected chi connectivity index (χ3v) is 6.22. The SMILES string of the molecule is CCCCCCC(F)COc1ccc(C2CCC(CCCCC)CC2)cc1. The molecular weight excluding hydrogens is 335 g/mol. The molecule has 1 aliphatic carbocycles. The van der Waals surface area contributed by atoms with Crippen LogP contribution in [0.4, 0.5) is 4.39 Å². The minimum atomic E-state index is -0.843. The maximum Gasteiger partial charge on any atom is 0.134 e. The van der Waals surface area contributed by atoms with E-state index in [0.29, 0.717) is 12.3 Å². The van der Waals surface area contributed by atoms with Crippen LogP contribution in [-0.2, 0) is 0 Å². The monoisotopic (exact) mass is 376 g/mol. The average Bonchev–Trinajstić information content (AvgIpc) is 2.71. The Balaban J connectivity index is 1.66. The summed E-state index contributed by atoms with van der Waals surface area (Å²) in [6.07, 6.45) is 15.2. The van der Waals surface area contributed by atoms with E-state index in [2.05, 4.69) is 26.0 Å². The van der Waals surface area contributed by atoms with Crippen LogP contribution in [0.1, 0.15) is 109 Å². The smallest absolute Gasteiger partial charge is 0.134 e. The Morgan fingerprint density at radius 3 is 2.22 bits per heavy atom. The molecule has 0 radical (unpaired) electrons. The first-order valence-corrected chi connectivity index (χ1v) is 11.6. The van der Waals surface area contributed by atoms with E-state index in [9.17, 15) is 4.39 Å². The lowest BCUT2D eigenvalue weighted by Gasteiger charge is -2.29. The molecule has 0 amide bonds. The number of ether oxygens (including phenoxy) is 1. The molecule has 1 fully saturated rings. The molecule has 0 N–H and O–H groups in total. The summed E-state index contributed by atoms with van der Waals surface area (Å²) in [6.45, 7) is 4.65. The number of alkyl halides is 1. The van der Waals surface area contributed by atoms with Gasteiger partial charge in [-0.3, -0.25) is 0 Å². The van der Waals surface area contributed by atoms with E-state index >= 15 is 0 Å². The van der Waals surface area contributed by atoms with Crippen LogP contribution in [-0.4, -0.2) is 12.8 Å². The summed E-state index contributed by atoms with van der Waals surface area (Å²) in [5.41, 5.74) is 1.44. The molecule has 1 aromatic carbocycles. The van der Waals surface area contributed by atoms with E-state index in [0.717, 1.165) is 24.5 Å². The molecule has 2 rings (SSSR count). The van der Waals surface area contributed by atoms with E-state index in [1.54, 1.807) is 0 Å². The Bertz CT molecular complexity index is 476. The number of halogens is 1.